The minimum Gasteiger partial charge on any atom is -0.481 e. The normalized spacial score (nSPS) is 21.1. The van der Waals surface area contributed by atoms with Crippen molar-refractivity contribution in [1.82, 2.24) is 0 Å². The number of carbonyl (C=O) groups is 1. The lowest BCUT2D eigenvalue weighted by atomic mass is 9.69. The van der Waals surface area contributed by atoms with Crippen LogP contribution in [0.1, 0.15) is 37.7 Å². The summed E-state index contributed by atoms with van der Waals surface area (Å²) in [4.78, 5) is 18.1. The average Bonchev–Trinajstić information content (AvgIpc) is 3.02. The van der Waals surface area contributed by atoms with Crippen molar-refractivity contribution in [2.75, 3.05) is 18.0 Å². The van der Waals surface area contributed by atoms with Gasteiger partial charge >= 0.3 is 5.97 Å². The van der Waals surface area contributed by atoms with Gasteiger partial charge in [0.15, 0.2) is 0 Å². The average molecular weight is 272 g/mol. The Balaban J connectivity index is 1.88. The molecule has 1 heterocycles. The minimum absolute atomic E-state index is 0.671. The topological polar surface area (TPSA) is 52.9 Å². The molecule has 1 saturated carbocycles. The highest BCUT2D eigenvalue weighted by Crippen LogP contribution is 2.40. The quantitative estimate of drug-likeness (QED) is 0.920. The van der Waals surface area contributed by atoms with E-state index in [2.05, 4.69) is 9.89 Å². The number of carboxylic acid groups (broad SMARTS) is 1. The number of hydrogen-bond acceptors (Lipinski definition) is 3. The predicted octanol–water partition coefficient (Wildman–Crippen LogP) is 2.82. The highest BCUT2D eigenvalue weighted by atomic mass is 16.4. The molecule has 0 amide bonds. The zero-order chi connectivity index (χ0) is 14.0. The van der Waals surface area contributed by atoms with Crippen molar-refractivity contribution in [1.29, 1.82) is 0 Å². The smallest absolute Gasteiger partial charge is 0.314 e. The van der Waals surface area contributed by atoms with Crippen molar-refractivity contribution in [3.05, 3.63) is 29.8 Å². The molecule has 0 spiro atoms. The molecule has 4 nitrogen and oxygen atoms in total. The molecule has 0 saturated heterocycles. The minimum atomic E-state index is -0.673. The molecule has 3 rings (SSSR count). The largest absolute Gasteiger partial charge is 0.481 e. The van der Waals surface area contributed by atoms with E-state index in [1.165, 1.54) is 0 Å². The van der Waals surface area contributed by atoms with E-state index in [9.17, 15) is 9.90 Å². The van der Waals surface area contributed by atoms with E-state index in [0.29, 0.717) is 0 Å². The zero-order valence-electron chi connectivity index (χ0n) is 11.6. The van der Waals surface area contributed by atoms with Gasteiger partial charge in [-0.2, -0.15) is 0 Å². The van der Waals surface area contributed by atoms with Crippen LogP contribution < -0.4 is 4.90 Å². The lowest BCUT2D eigenvalue weighted by Gasteiger charge is -2.33. The maximum absolute atomic E-state index is 11.8. The highest BCUT2D eigenvalue weighted by molar-refractivity contribution is 5.83. The van der Waals surface area contributed by atoms with Crippen molar-refractivity contribution in [3.63, 3.8) is 0 Å². The number of carboxylic acids is 1. The summed E-state index contributed by atoms with van der Waals surface area (Å²) < 4.78 is 0. The third kappa shape index (κ3) is 2.19. The van der Waals surface area contributed by atoms with Gasteiger partial charge in [-0.05, 0) is 30.5 Å². The van der Waals surface area contributed by atoms with Gasteiger partial charge in [0, 0.05) is 12.2 Å². The van der Waals surface area contributed by atoms with Gasteiger partial charge < -0.3 is 10.0 Å². The molecule has 1 aliphatic carbocycles. The Morgan fingerprint density at radius 2 is 1.85 bits per heavy atom. The van der Waals surface area contributed by atoms with Gasteiger partial charge in [-0.15, -0.1) is 0 Å². The fraction of sp³-hybridized carbons (Fsp3) is 0.500. The molecule has 1 fully saturated rings. The molecular formula is C16H20N2O2. The lowest BCUT2D eigenvalue weighted by Crippen LogP contribution is -2.37. The first-order chi connectivity index (χ1) is 9.72. The maximum Gasteiger partial charge on any atom is 0.314 e. The second kappa shape index (κ2) is 5.27. The van der Waals surface area contributed by atoms with Crippen LogP contribution in [0.3, 0.4) is 0 Å². The van der Waals surface area contributed by atoms with Gasteiger partial charge in [0.1, 0.15) is 0 Å². The van der Waals surface area contributed by atoms with Gasteiger partial charge in [-0.25, -0.2) is 0 Å². The van der Waals surface area contributed by atoms with Crippen molar-refractivity contribution in [3.8, 4) is 0 Å². The Morgan fingerprint density at radius 1 is 1.15 bits per heavy atom. The third-order valence-electron chi connectivity index (χ3n) is 4.56. The Bertz CT molecular complexity index is 516. The van der Waals surface area contributed by atoms with Crippen LogP contribution in [0.4, 0.5) is 5.69 Å². The number of hydrogen-bond donors (Lipinski definition) is 1. The van der Waals surface area contributed by atoms with Crippen LogP contribution in [0.5, 0.6) is 0 Å². The molecule has 1 N–H and O–H groups in total. The van der Waals surface area contributed by atoms with E-state index in [1.54, 1.807) is 0 Å². The van der Waals surface area contributed by atoms with Crippen LogP contribution in [-0.4, -0.2) is 30.5 Å². The molecule has 1 aromatic rings. The molecule has 1 aliphatic heterocycles. The van der Waals surface area contributed by atoms with Gasteiger partial charge in [-0.1, -0.05) is 31.4 Å². The number of rotatable bonds is 3. The molecule has 0 unspecified atom stereocenters. The second-order valence-corrected chi connectivity index (χ2v) is 5.71. The second-order valence-electron chi connectivity index (χ2n) is 5.71. The van der Waals surface area contributed by atoms with Crippen molar-refractivity contribution >= 4 is 18.0 Å². The fourth-order valence-corrected chi connectivity index (χ4v) is 3.33. The predicted molar refractivity (Wildman–Crippen MR) is 79.5 cm³/mol. The van der Waals surface area contributed by atoms with E-state index >= 15 is 0 Å². The summed E-state index contributed by atoms with van der Waals surface area (Å²) in [7, 11) is 0. The standard InChI is InChI=1S/C16H20N2O2/c19-15(20)16(8-2-1-3-9-16)13-4-6-14(7-5-13)18-11-10-17-12-18/h4-7,12H,1-3,8-11H2,(H,19,20). The molecule has 2 aliphatic rings. The van der Waals surface area contributed by atoms with Crippen LogP contribution >= 0.6 is 0 Å². The summed E-state index contributed by atoms with van der Waals surface area (Å²) in [5, 5.41) is 9.69. The van der Waals surface area contributed by atoms with Crippen molar-refractivity contribution in [2.45, 2.75) is 37.5 Å². The Morgan fingerprint density at radius 3 is 2.40 bits per heavy atom. The lowest BCUT2D eigenvalue weighted by molar-refractivity contribution is -0.145. The van der Waals surface area contributed by atoms with Crippen LogP contribution in [-0.2, 0) is 10.2 Å². The molecule has 0 atom stereocenters. The maximum atomic E-state index is 11.8. The van der Waals surface area contributed by atoms with Gasteiger partial charge in [0.25, 0.3) is 0 Å². The number of anilines is 1. The Labute approximate surface area is 119 Å². The van der Waals surface area contributed by atoms with E-state index < -0.39 is 11.4 Å². The molecule has 4 heteroatoms. The van der Waals surface area contributed by atoms with E-state index in [-0.39, 0.29) is 0 Å². The van der Waals surface area contributed by atoms with Crippen molar-refractivity contribution < 1.29 is 9.90 Å². The first kappa shape index (κ1) is 13.2. The summed E-state index contributed by atoms with van der Waals surface area (Å²) in [6, 6.07) is 8.01. The van der Waals surface area contributed by atoms with E-state index in [4.69, 9.17) is 0 Å². The summed E-state index contributed by atoms with van der Waals surface area (Å²) in [6.45, 7) is 1.74. The van der Waals surface area contributed by atoms with Crippen LogP contribution in [0, 0.1) is 0 Å². The Kier molecular flexibility index (Phi) is 3.47. The summed E-state index contributed by atoms with van der Waals surface area (Å²) in [6.07, 6.45) is 6.53. The van der Waals surface area contributed by atoms with Crippen LogP contribution in [0.25, 0.3) is 0 Å². The monoisotopic (exact) mass is 272 g/mol. The van der Waals surface area contributed by atoms with Gasteiger partial charge in [-0.3, -0.25) is 9.79 Å². The molecule has 0 aromatic heterocycles. The first-order valence-electron chi connectivity index (χ1n) is 7.33. The molecule has 0 radical (unpaired) electrons. The summed E-state index contributed by atoms with van der Waals surface area (Å²) in [5.74, 6) is -0.673. The first-order valence-corrected chi connectivity index (χ1v) is 7.33. The molecule has 1 aromatic carbocycles. The number of aliphatic carboxylic acids is 1. The van der Waals surface area contributed by atoms with E-state index in [1.807, 2.05) is 30.6 Å². The molecular weight excluding hydrogens is 252 g/mol. The summed E-state index contributed by atoms with van der Waals surface area (Å²) >= 11 is 0. The fourth-order valence-electron chi connectivity index (χ4n) is 3.33. The summed E-state index contributed by atoms with van der Waals surface area (Å²) in [5.41, 5.74) is 1.37. The van der Waals surface area contributed by atoms with Gasteiger partial charge in [0.05, 0.1) is 18.3 Å². The number of benzene rings is 1. The molecule has 106 valence electrons. The number of aliphatic imine (C=N–C) groups is 1. The van der Waals surface area contributed by atoms with Crippen LogP contribution in [0.2, 0.25) is 0 Å². The number of nitrogens with zero attached hydrogens (tertiary/aromatic N) is 2. The van der Waals surface area contributed by atoms with Gasteiger partial charge in [0.2, 0.25) is 0 Å². The van der Waals surface area contributed by atoms with Crippen LogP contribution in [0.15, 0.2) is 29.3 Å². The molecule has 0 bridgehead atoms. The van der Waals surface area contributed by atoms with Crippen molar-refractivity contribution in [2.24, 2.45) is 4.99 Å². The Hall–Kier alpha value is -1.84. The SMILES string of the molecule is O=C(O)C1(c2ccc(N3C=NCC3)cc2)CCCCC1. The van der Waals surface area contributed by atoms with E-state index in [0.717, 1.165) is 56.4 Å². The highest BCUT2D eigenvalue weighted by Gasteiger charge is 2.41. The zero-order valence-corrected chi connectivity index (χ0v) is 11.6. The molecule has 20 heavy (non-hydrogen) atoms. The third-order valence-corrected chi connectivity index (χ3v) is 4.56.